The standard InChI is InChI=1S/C20H26BrN3O3.HI/c1-5-22-20(24-13-15-8-6-7-9-17(15)25-2)23-12-14-10-16(21)19(27-4)18(11-14)26-3;/h6-11H,5,12-13H2,1-4H3,(H2,22,23,24);1H. The predicted molar refractivity (Wildman–Crippen MR) is 127 cm³/mol. The molecule has 0 saturated heterocycles. The SMILES string of the molecule is CCNC(=NCc1cc(Br)c(OC)c(OC)c1)NCc1ccccc1OC.I. The van der Waals surface area contributed by atoms with Crippen molar-refractivity contribution >= 4 is 45.9 Å². The average molecular weight is 564 g/mol. The van der Waals surface area contributed by atoms with Crippen molar-refractivity contribution in [3.8, 4) is 17.2 Å². The van der Waals surface area contributed by atoms with E-state index in [1.165, 1.54) is 0 Å². The Morgan fingerprint density at radius 2 is 1.71 bits per heavy atom. The molecule has 0 spiro atoms. The van der Waals surface area contributed by atoms with E-state index in [4.69, 9.17) is 14.2 Å². The molecule has 0 bridgehead atoms. The number of para-hydroxylation sites is 1. The summed E-state index contributed by atoms with van der Waals surface area (Å²) in [6, 6.07) is 11.8. The highest BCUT2D eigenvalue weighted by Gasteiger charge is 2.10. The lowest BCUT2D eigenvalue weighted by Crippen LogP contribution is -2.36. The van der Waals surface area contributed by atoms with Gasteiger partial charge in [-0.15, -0.1) is 24.0 Å². The first kappa shape index (κ1) is 24.4. The van der Waals surface area contributed by atoms with Crippen LogP contribution in [0.2, 0.25) is 0 Å². The van der Waals surface area contributed by atoms with Crippen LogP contribution in [0.4, 0.5) is 0 Å². The molecular formula is C20H27BrIN3O3. The molecule has 8 heteroatoms. The normalized spacial score (nSPS) is 10.7. The molecule has 0 heterocycles. The van der Waals surface area contributed by atoms with E-state index >= 15 is 0 Å². The minimum Gasteiger partial charge on any atom is -0.496 e. The maximum atomic E-state index is 5.40. The molecule has 0 fully saturated rings. The van der Waals surface area contributed by atoms with Gasteiger partial charge in [-0.05, 0) is 46.6 Å². The maximum absolute atomic E-state index is 5.40. The molecule has 0 saturated carbocycles. The van der Waals surface area contributed by atoms with Gasteiger partial charge in [-0.2, -0.15) is 0 Å². The van der Waals surface area contributed by atoms with Gasteiger partial charge in [0, 0.05) is 18.7 Å². The van der Waals surface area contributed by atoms with Crippen LogP contribution in [0.3, 0.4) is 0 Å². The molecule has 0 atom stereocenters. The quantitative estimate of drug-likeness (QED) is 0.284. The number of halogens is 2. The van der Waals surface area contributed by atoms with Crippen molar-refractivity contribution in [3.63, 3.8) is 0 Å². The van der Waals surface area contributed by atoms with Crippen LogP contribution in [0.1, 0.15) is 18.1 Å². The molecule has 0 aromatic heterocycles. The highest BCUT2D eigenvalue weighted by Crippen LogP contribution is 2.36. The van der Waals surface area contributed by atoms with Crippen molar-refractivity contribution in [2.45, 2.75) is 20.0 Å². The minimum atomic E-state index is 0. The number of aliphatic imine (C=N–C) groups is 1. The van der Waals surface area contributed by atoms with E-state index in [0.29, 0.717) is 24.6 Å². The smallest absolute Gasteiger partial charge is 0.191 e. The van der Waals surface area contributed by atoms with E-state index in [-0.39, 0.29) is 24.0 Å². The van der Waals surface area contributed by atoms with E-state index in [1.807, 2.05) is 43.3 Å². The third-order valence-corrected chi connectivity index (χ3v) is 4.49. The molecule has 6 nitrogen and oxygen atoms in total. The first-order valence-corrected chi connectivity index (χ1v) is 9.46. The number of benzene rings is 2. The summed E-state index contributed by atoms with van der Waals surface area (Å²) in [5.74, 6) is 2.93. The van der Waals surface area contributed by atoms with Crippen LogP contribution < -0.4 is 24.8 Å². The fraction of sp³-hybridized carbons (Fsp3) is 0.350. The van der Waals surface area contributed by atoms with Crippen molar-refractivity contribution in [2.24, 2.45) is 4.99 Å². The highest BCUT2D eigenvalue weighted by atomic mass is 127. The summed E-state index contributed by atoms with van der Waals surface area (Å²) >= 11 is 3.52. The Morgan fingerprint density at radius 1 is 1.00 bits per heavy atom. The van der Waals surface area contributed by atoms with Crippen LogP contribution in [0, 0.1) is 0 Å². The summed E-state index contributed by atoms with van der Waals surface area (Å²) in [7, 11) is 4.91. The Morgan fingerprint density at radius 3 is 2.36 bits per heavy atom. The summed E-state index contributed by atoms with van der Waals surface area (Å²) in [4.78, 5) is 4.66. The Bertz CT molecular complexity index is 787. The molecule has 0 aliphatic carbocycles. The number of methoxy groups -OCH3 is 3. The highest BCUT2D eigenvalue weighted by molar-refractivity contribution is 14.0. The Balaban J connectivity index is 0.00000392. The summed E-state index contributed by atoms with van der Waals surface area (Å²) < 4.78 is 17.0. The van der Waals surface area contributed by atoms with Crippen molar-refractivity contribution in [2.75, 3.05) is 27.9 Å². The van der Waals surface area contributed by atoms with E-state index in [0.717, 1.165) is 33.9 Å². The molecule has 0 radical (unpaired) electrons. The lowest BCUT2D eigenvalue weighted by molar-refractivity contribution is 0.352. The first-order chi connectivity index (χ1) is 13.1. The van der Waals surface area contributed by atoms with Crippen LogP contribution in [-0.4, -0.2) is 33.8 Å². The van der Waals surface area contributed by atoms with Crippen LogP contribution >= 0.6 is 39.9 Å². The zero-order chi connectivity index (χ0) is 19.6. The van der Waals surface area contributed by atoms with Gasteiger partial charge in [0.1, 0.15) is 5.75 Å². The fourth-order valence-corrected chi connectivity index (χ4v) is 3.25. The zero-order valence-electron chi connectivity index (χ0n) is 16.5. The lowest BCUT2D eigenvalue weighted by Gasteiger charge is -2.14. The van der Waals surface area contributed by atoms with Gasteiger partial charge in [0.25, 0.3) is 0 Å². The lowest BCUT2D eigenvalue weighted by atomic mass is 10.2. The second kappa shape index (κ2) is 12.7. The second-order valence-electron chi connectivity index (χ2n) is 5.67. The number of ether oxygens (including phenoxy) is 3. The molecule has 2 aromatic carbocycles. The number of nitrogens with one attached hydrogen (secondary N) is 2. The Kier molecular flexibility index (Phi) is 11.1. The van der Waals surface area contributed by atoms with Crippen molar-refractivity contribution in [1.29, 1.82) is 0 Å². The summed E-state index contributed by atoms with van der Waals surface area (Å²) in [5, 5.41) is 6.60. The van der Waals surface area contributed by atoms with Crippen LogP contribution in [0.25, 0.3) is 0 Å². The van der Waals surface area contributed by atoms with E-state index in [2.05, 4.69) is 31.6 Å². The molecule has 0 aliphatic heterocycles. The van der Waals surface area contributed by atoms with Gasteiger partial charge >= 0.3 is 0 Å². The number of guanidine groups is 1. The fourth-order valence-electron chi connectivity index (χ4n) is 2.60. The van der Waals surface area contributed by atoms with Crippen molar-refractivity contribution < 1.29 is 14.2 Å². The van der Waals surface area contributed by atoms with Gasteiger partial charge in [-0.25, -0.2) is 4.99 Å². The van der Waals surface area contributed by atoms with E-state index in [9.17, 15) is 0 Å². The largest absolute Gasteiger partial charge is 0.496 e. The summed E-state index contributed by atoms with van der Waals surface area (Å²) in [6.07, 6.45) is 0. The van der Waals surface area contributed by atoms with Gasteiger partial charge in [-0.1, -0.05) is 18.2 Å². The Labute approximate surface area is 192 Å². The zero-order valence-corrected chi connectivity index (χ0v) is 20.5. The number of nitrogens with zero attached hydrogens (tertiary/aromatic N) is 1. The van der Waals surface area contributed by atoms with Crippen LogP contribution in [0.15, 0.2) is 45.9 Å². The van der Waals surface area contributed by atoms with Crippen LogP contribution in [0.5, 0.6) is 17.2 Å². The number of rotatable bonds is 8. The third kappa shape index (κ3) is 6.73. The molecule has 0 amide bonds. The van der Waals surface area contributed by atoms with Crippen molar-refractivity contribution in [1.82, 2.24) is 10.6 Å². The molecule has 2 rings (SSSR count). The first-order valence-electron chi connectivity index (χ1n) is 8.67. The van der Waals surface area contributed by atoms with Crippen molar-refractivity contribution in [3.05, 3.63) is 52.0 Å². The summed E-state index contributed by atoms with van der Waals surface area (Å²) in [6.45, 7) is 3.92. The van der Waals surface area contributed by atoms with Gasteiger partial charge in [-0.3, -0.25) is 0 Å². The molecular weight excluding hydrogens is 537 g/mol. The minimum absolute atomic E-state index is 0. The van der Waals surface area contributed by atoms with E-state index in [1.54, 1.807) is 21.3 Å². The third-order valence-electron chi connectivity index (χ3n) is 3.90. The maximum Gasteiger partial charge on any atom is 0.191 e. The molecule has 28 heavy (non-hydrogen) atoms. The van der Waals surface area contributed by atoms with Crippen LogP contribution in [-0.2, 0) is 13.1 Å². The molecule has 2 aromatic rings. The monoisotopic (exact) mass is 563 g/mol. The molecule has 0 aliphatic rings. The van der Waals surface area contributed by atoms with Gasteiger partial charge < -0.3 is 24.8 Å². The average Bonchev–Trinajstić information content (AvgIpc) is 2.69. The molecule has 2 N–H and O–H groups in total. The van der Waals surface area contributed by atoms with Gasteiger partial charge in [0.05, 0.1) is 32.3 Å². The predicted octanol–water partition coefficient (Wildman–Crippen LogP) is 4.35. The van der Waals surface area contributed by atoms with E-state index < -0.39 is 0 Å². The molecule has 154 valence electrons. The molecule has 0 unspecified atom stereocenters. The Hall–Kier alpha value is -1.68. The second-order valence-corrected chi connectivity index (χ2v) is 6.53. The topological polar surface area (TPSA) is 64.1 Å². The van der Waals surface area contributed by atoms with Gasteiger partial charge in [0.2, 0.25) is 0 Å². The summed E-state index contributed by atoms with van der Waals surface area (Å²) in [5.41, 5.74) is 2.08. The number of hydrogen-bond acceptors (Lipinski definition) is 4. The van der Waals surface area contributed by atoms with Gasteiger partial charge in [0.15, 0.2) is 17.5 Å². The number of hydrogen-bond donors (Lipinski definition) is 2.